The Bertz CT molecular complexity index is 1420. The lowest BCUT2D eigenvalue weighted by molar-refractivity contribution is -0.433. The highest BCUT2D eigenvalue weighted by atomic mass is 127. The first kappa shape index (κ1) is 45.6. The molecule has 6 aliphatic carbocycles. The number of aliphatic hydroxyl groups is 1. The van der Waals surface area contributed by atoms with Gasteiger partial charge in [0.15, 0.2) is 12.2 Å². The van der Waals surface area contributed by atoms with Crippen LogP contribution in [0.25, 0.3) is 0 Å². The number of rotatable bonds is 12. The topological polar surface area (TPSA) is 82.1 Å². The molecule has 6 saturated carbocycles. The first-order valence-electron chi connectivity index (χ1n) is 18.3. The molecule has 0 spiro atoms. The summed E-state index contributed by atoms with van der Waals surface area (Å²) in [5.41, 5.74) is -13.1. The fraction of sp³-hybridized carbons (Fsp3) is 0.943. The molecule has 6 nitrogen and oxygen atoms in total. The zero-order chi connectivity index (χ0) is 41.8. The fourth-order valence-corrected chi connectivity index (χ4v) is 10.7. The van der Waals surface area contributed by atoms with Gasteiger partial charge in [-0.15, -0.1) is 0 Å². The maximum Gasteiger partial charge on any atom is 0.430 e. The quantitative estimate of drug-likeness (QED) is 0.0908. The van der Waals surface area contributed by atoms with Gasteiger partial charge in [-0.25, -0.2) is 0 Å². The molecule has 0 aliphatic heterocycles. The molecule has 9 atom stereocenters. The van der Waals surface area contributed by atoms with Crippen molar-refractivity contribution in [1.82, 2.24) is 0 Å². The van der Waals surface area contributed by atoms with Gasteiger partial charge in [0.05, 0.1) is 6.10 Å². The number of esters is 2. The van der Waals surface area contributed by atoms with Crippen LogP contribution in [-0.4, -0.2) is 78.1 Å². The van der Waals surface area contributed by atoms with E-state index >= 15 is 26.3 Å². The molecule has 0 aromatic rings. The van der Waals surface area contributed by atoms with Gasteiger partial charge in [0.25, 0.3) is 11.2 Å². The number of fused-ring (bicyclic) bond motifs is 2. The van der Waals surface area contributed by atoms with Crippen molar-refractivity contribution in [2.24, 2.45) is 40.9 Å². The summed E-state index contributed by atoms with van der Waals surface area (Å²) in [4.78, 5) is 26.6. The van der Waals surface area contributed by atoms with Gasteiger partial charge in [-0.2, -0.15) is 52.7 Å². The van der Waals surface area contributed by atoms with E-state index in [0.717, 1.165) is 0 Å². The van der Waals surface area contributed by atoms with Gasteiger partial charge in [-0.3, -0.25) is 9.59 Å². The van der Waals surface area contributed by atoms with E-state index in [1.807, 2.05) is 0 Å². The molecule has 1 N–H and O–H groups in total. The van der Waals surface area contributed by atoms with Gasteiger partial charge in [-0.1, -0.05) is 65.5 Å². The van der Waals surface area contributed by atoms with E-state index in [1.165, 1.54) is 50.3 Å². The molecule has 0 aromatic heterocycles. The van der Waals surface area contributed by atoms with Crippen LogP contribution in [0.5, 0.6) is 0 Å². The van der Waals surface area contributed by atoms with E-state index < -0.39 is 127 Å². The first-order valence-corrected chi connectivity index (χ1v) is 20.4. The largest absolute Gasteiger partial charge is 0.457 e. The number of hydrogen-bond acceptors (Lipinski definition) is 6. The standard InChI is InChI=1S/C35H44F12I2O6/c1-5-27(3,48)25(50)53-23(21-12-16-7-8-18(21)9-16)31(34(42,43)44,35(45,46)47)55-22-19-10-17-11-20(22)15-29(13-17,14-19)24(54-26(51)28(4,49)6-2)30(52,32(36,37)38)33(39,40)41/h16-24,52H,5-15H2,1-4H3. The molecule has 6 aliphatic rings. The Kier molecular flexibility index (Phi) is 12.1. The summed E-state index contributed by atoms with van der Waals surface area (Å²) < 4.78 is 194. The van der Waals surface area contributed by atoms with Crippen molar-refractivity contribution in [1.29, 1.82) is 0 Å². The number of hydrogen-bond donors (Lipinski definition) is 1. The summed E-state index contributed by atoms with van der Waals surface area (Å²) in [5.74, 6) is -8.92. The SMILES string of the molecule is CCC(C)(I)C(=O)OC(C12CC3CC(C1)C(OC(C(OC(=O)C(C)(I)CC)C1CC4CCC1C4)(C(F)(F)F)C(F)(F)F)C(C3)C2)C(O)(C(F)(F)F)C(F)(F)F. The number of halogens is 14. The third-order valence-electron chi connectivity index (χ3n) is 13.4. The summed E-state index contributed by atoms with van der Waals surface area (Å²) in [6, 6.07) is 0. The number of carbonyl (C=O) groups excluding carboxylic acids is 2. The Morgan fingerprint density at radius 1 is 0.673 bits per heavy atom. The fourth-order valence-electron chi connectivity index (χ4n) is 10.5. The molecular weight excluding hydrogens is 998 g/mol. The molecule has 0 saturated heterocycles. The zero-order valence-electron chi connectivity index (χ0n) is 30.3. The minimum Gasteiger partial charge on any atom is -0.457 e. The molecule has 9 unspecified atom stereocenters. The molecular formula is C35H44F12I2O6. The van der Waals surface area contributed by atoms with Crippen LogP contribution in [-0.2, 0) is 23.8 Å². The van der Waals surface area contributed by atoms with Crippen LogP contribution in [0.1, 0.15) is 98.3 Å². The Balaban J connectivity index is 1.62. The molecule has 318 valence electrons. The van der Waals surface area contributed by atoms with E-state index in [0.29, 0.717) is 19.3 Å². The first-order chi connectivity index (χ1) is 24.8. The minimum absolute atomic E-state index is 0.0130. The summed E-state index contributed by atoms with van der Waals surface area (Å²) in [7, 11) is 0. The predicted molar refractivity (Wildman–Crippen MR) is 187 cm³/mol. The maximum atomic E-state index is 15.6. The molecule has 0 heterocycles. The Morgan fingerprint density at radius 2 is 1.13 bits per heavy atom. The molecule has 20 heteroatoms. The third kappa shape index (κ3) is 7.61. The Morgan fingerprint density at radius 3 is 1.51 bits per heavy atom. The lowest BCUT2D eigenvalue weighted by atomic mass is 9.45. The summed E-state index contributed by atoms with van der Waals surface area (Å²) in [5, 5.41) is 10.8. The third-order valence-corrected chi connectivity index (χ3v) is 15.8. The highest BCUT2D eigenvalue weighted by molar-refractivity contribution is 14.1. The van der Waals surface area contributed by atoms with E-state index in [-0.39, 0.29) is 38.0 Å². The van der Waals surface area contributed by atoms with E-state index in [1.54, 1.807) is 22.6 Å². The molecule has 0 amide bonds. The average molecular weight is 1040 g/mol. The molecule has 6 fully saturated rings. The summed E-state index contributed by atoms with van der Waals surface area (Å²) in [6.45, 7) is 5.38. The van der Waals surface area contributed by atoms with Crippen LogP contribution in [0, 0.1) is 40.9 Å². The van der Waals surface area contributed by atoms with Gasteiger partial charge in [0.2, 0.25) is 0 Å². The molecule has 6 rings (SSSR count). The van der Waals surface area contributed by atoms with Crippen LogP contribution in [0.4, 0.5) is 52.7 Å². The summed E-state index contributed by atoms with van der Waals surface area (Å²) >= 11 is 3.06. The van der Waals surface area contributed by atoms with Crippen molar-refractivity contribution in [2.75, 3.05) is 0 Å². The number of alkyl halides is 14. The van der Waals surface area contributed by atoms with Crippen LogP contribution in [0.15, 0.2) is 0 Å². The van der Waals surface area contributed by atoms with E-state index in [2.05, 4.69) is 0 Å². The van der Waals surface area contributed by atoms with Gasteiger partial charge in [0.1, 0.15) is 6.84 Å². The number of ether oxygens (including phenoxy) is 3. The molecule has 0 radical (unpaired) electrons. The van der Waals surface area contributed by atoms with Crippen molar-refractivity contribution in [2.45, 2.75) is 159 Å². The lowest BCUT2D eigenvalue weighted by Crippen LogP contribution is -2.74. The van der Waals surface area contributed by atoms with Crippen molar-refractivity contribution in [3.8, 4) is 0 Å². The highest BCUT2D eigenvalue weighted by Crippen LogP contribution is 2.68. The second-order valence-corrected chi connectivity index (χ2v) is 21.7. The number of carbonyl (C=O) groups is 2. The van der Waals surface area contributed by atoms with E-state index in [9.17, 15) is 41.0 Å². The summed E-state index contributed by atoms with van der Waals surface area (Å²) in [6.07, 6.45) is -35.5. The Labute approximate surface area is 337 Å². The Hall–Kier alpha value is -0.520. The second-order valence-electron chi connectivity index (χ2n) is 17.0. The molecule has 55 heavy (non-hydrogen) atoms. The van der Waals surface area contributed by atoms with Crippen molar-refractivity contribution in [3.05, 3.63) is 0 Å². The van der Waals surface area contributed by atoms with Crippen molar-refractivity contribution >= 4 is 57.1 Å². The molecule has 0 aromatic carbocycles. The maximum absolute atomic E-state index is 15.6. The second kappa shape index (κ2) is 14.6. The van der Waals surface area contributed by atoms with Crippen molar-refractivity contribution in [3.63, 3.8) is 0 Å². The van der Waals surface area contributed by atoms with Gasteiger partial charge in [0, 0.05) is 11.3 Å². The van der Waals surface area contributed by atoms with Gasteiger partial charge >= 0.3 is 36.6 Å². The monoisotopic (exact) mass is 1040 g/mol. The smallest absolute Gasteiger partial charge is 0.430 e. The average Bonchev–Trinajstić information content (AvgIpc) is 3.67. The zero-order valence-corrected chi connectivity index (χ0v) is 34.6. The predicted octanol–water partition coefficient (Wildman–Crippen LogP) is 10.4. The van der Waals surface area contributed by atoms with E-state index in [4.69, 9.17) is 14.2 Å². The van der Waals surface area contributed by atoms with Crippen molar-refractivity contribution < 1.29 is 81.6 Å². The minimum atomic E-state index is -6.48. The van der Waals surface area contributed by atoms with Gasteiger partial charge < -0.3 is 19.3 Å². The van der Waals surface area contributed by atoms with Crippen LogP contribution in [0.3, 0.4) is 0 Å². The lowest BCUT2D eigenvalue weighted by Gasteiger charge is -2.64. The van der Waals surface area contributed by atoms with Gasteiger partial charge in [-0.05, 0) is 108 Å². The van der Waals surface area contributed by atoms with Crippen LogP contribution in [0.2, 0.25) is 0 Å². The normalized spacial score (nSPS) is 34.6. The highest BCUT2D eigenvalue weighted by Gasteiger charge is 2.83. The van der Waals surface area contributed by atoms with Crippen LogP contribution >= 0.6 is 45.2 Å². The molecule has 6 bridgehead atoms. The van der Waals surface area contributed by atoms with Crippen LogP contribution < -0.4 is 0 Å².